The van der Waals surface area contributed by atoms with Crippen molar-refractivity contribution in [3.63, 3.8) is 0 Å². The maximum atomic E-state index is 13.8. The van der Waals surface area contributed by atoms with E-state index in [0.717, 1.165) is 32.2 Å². The van der Waals surface area contributed by atoms with Gasteiger partial charge in [-0.1, -0.05) is 45.2 Å². The predicted octanol–water partition coefficient (Wildman–Crippen LogP) is 7.85. The molecule has 0 saturated heterocycles. The number of terminal acetylenes is 1. The summed E-state index contributed by atoms with van der Waals surface area (Å²) in [5.74, 6) is 3.92. The average molecular weight is 809 g/mol. The Morgan fingerprint density at radius 2 is 1.12 bits per heavy atom. The van der Waals surface area contributed by atoms with Gasteiger partial charge in [0.25, 0.3) is 0 Å². The van der Waals surface area contributed by atoms with Crippen LogP contribution in [0.5, 0.6) is 0 Å². The van der Waals surface area contributed by atoms with E-state index < -0.39 is 27.8 Å². The van der Waals surface area contributed by atoms with Gasteiger partial charge in [0, 0.05) is 28.2 Å². The minimum absolute atomic E-state index is 0.265. The summed E-state index contributed by atoms with van der Waals surface area (Å²) >= 11 is 2.21. The van der Waals surface area contributed by atoms with Crippen molar-refractivity contribution in [1.82, 2.24) is 19.6 Å². The van der Waals surface area contributed by atoms with Crippen molar-refractivity contribution in [2.45, 2.75) is 53.1 Å². The van der Waals surface area contributed by atoms with E-state index in [1.165, 1.54) is 24.3 Å². The minimum atomic E-state index is -1.53. The lowest BCUT2D eigenvalue weighted by Crippen LogP contribution is -2.16. The first-order valence-corrected chi connectivity index (χ1v) is 23.3. The highest BCUT2D eigenvalue weighted by Gasteiger charge is 2.18. The van der Waals surface area contributed by atoms with E-state index in [0.29, 0.717) is 11.4 Å². The SMILES string of the molecule is C#C[Si](C)(C)C.Cc1c(C#C[Si](C)(C)C)c(N(C)C)nn1-c1cc(F)cc(C#N)c1.Cc1c(I)c(N(C)C)nn1-c1cc(F)cc(C#N)c1. The van der Waals surface area contributed by atoms with Crippen LogP contribution in [0.15, 0.2) is 36.4 Å². The summed E-state index contributed by atoms with van der Waals surface area (Å²) in [5.41, 5.74) is 10.3. The van der Waals surface area contributed by atoms with Crippen molar-refractivity contribution >= 4 is 50.4 Å². The van der Waals surface area contributed by atoms with Crippen LogP contribution in [-0.4, -0.2) is 63.9 Å². The molecule has 13 heteroatoms. The third-order valence-corrected chi connectivity index (χ3v) is 9.48. The van der Waals surface area contributed by atoms with Gasteiger partial charge in [-0.3, -0.25) is 0 Å². The van der Waals surface area contributed by atoms with Crippen LogP contribution in [-0.2, 0) is 0 Å². The van der Waals surface area contributed by atoms with E-state index >= 15 is 0 Å². The van der Waals surface area contributed by atoms with Gasteiger partial charge in [0.05, 0.1) is 55.2 Å². The summed E-state index contributed by atoms with van der Waals surface area (Å²) in [6, 6.07) is 12.3. The van der Waals surface area contributed by atoms with Crippen LogP contribution in [0.1, 0.15) is 28.1 Å². The summed E-state index contributed by atoms with van der Waals surface area (Å²) < 4.78 is 31.6. The Balaban J connectivity index is 0.000000297. The second kappa shape index (κ2) is 16.8. The van der Waals surface area contributed by atoms with Crippen LogP contribution >= 0.6 is 22.6 Å². The number of anilines is 2. The average Bonchev–Trinajstić information content (AvgIpc) is 3.50. The van der Waals surface area contributed by atoms with Crippen molar-refractivity contribution in [3.8, 4) is 46.9 Å². The Bertz CT molecular complexity index is 2000. The van der Waals surface area contributed by atoms with Crippen LogP contribution in [0, 0.1) is 75.1 Å². The summed E-state index contributed by atoms with van der Waals surface area (Å²) in [6.07, 6.45) is 5.12. The van der Waals surface area contributed by atoms with Gasteiger partial charge in [0.2, 0.25) is 0 Å². The van der Waals surface area contributed by atoms with E-state index in [-0.39, 0.29) is 11.1 Å². The van der Waals surface area contributed by atoms with E-state index in [1.807, 2.05) is 64.0 Å². The summed E-state index contributed by atoms with van der Waals surface area (Å²) in [6.45, 7) is 16.8. The molecule has 0 spiro atoms. The van der Waals surface area contributed by atoms with E-state index in [4.69, 9.17) is 16.9 Å². The molecule has 0 bridgehead atoms. The molecule has 2 aromatic heterocycles. The molecule has 4 rings (SSSR count). The largest absolute Gasteiger partial charge is 0.360 e. The molecule has 0 amide bonds. The maximum Gasteiger partial charge on any atom is 0.166 e. The molecule has 0 aliphatic rings. The fraction of sp³-hybridized carbons (Fsp3) is 0.333. The Kier molecular flexibility index (Phi) is 14.0. The molecule has 0 unspecified atom stereocenters. The molecule has 0 radical (unpaired) electrons. The third kappa shape index (κ3) is 11.6. The van der Waals surface area contributed by atoms with Gasteiger partial charge >= 0.3 is 0 Å². The zero-order valence-corrected chi connectivity index (χ0v) is 34.4. The van der Waals surface area contributed by atoms with Gasteiger partial charge in [-0.2, -0.15) is 10.5 Å². The Morgan fingerprint density at radius 1 is 0.714 bits per heavy atom. The molecule has 0 N–H and O–H groups in total. The number of aromatic nitrogens is 4. The van der Waals surface area contributed by atoms with Gasteiger partial charge in [-0.05, 0) is 72.8 Å². The molecule has 2 heterocycles. The first-order chi connectivity index (χ1) is 22.6. The molecule has 0 fully saturated rings. The molecule has 0 atom stereocenters. The van der Waals surface area contributed by atoms with Gasteiger partial charge in [-0.25, -0.2) is 18.1 Å². The molecule has 0 saturated carbocycles. The van der Waals surface area contributed by atoms with Crippen molar-refractivity contribution in [2.24, 2.45) is 0 Å². The number of hydrogen-bond acceptors (Lipinski definition) is 6. The quantitative estimate of drug-likeness (QED) is 0.119. The zero-order chi connectivity index (χ0) is 37.4. The molecule has 2 aromatic carbocycles. The first kappa shape index (κ1) is 40.8. The number of hydrogen-bond donors (Lipinski definition) is 0. The topological polar surface area (TPSA) is 89.7 Å². The molecular weight excluding hydrogens is 766 g/mol. The number of halogens is 3. The second-order valence-electron chi connectivity index (χ2n) is 13.6. The maximum absolute atomic E-state index is 13.8. The standard InChI is InChI=1S/C18H21FN4Si.C13H12FIN4.C5H10Si/c1-13-17(7-8-24(4,5)6)18(22(2)3)21-23(13)16-10-14(12-20)9-15(19)11-16;1-8-12(15)13(18(2)3)17-19(8)11-5-9(7-16)4-10(14)6-11;1-5-6(2,3)4/h9-11H,1-6H3;4-6H,1-3H3;1H,2-4H3. The van der Waals surface area contributed by atoms with Crippen molar-refractivity contribution < 1.29 is 8.78 Å². The van der Waals surface area contributed by atoms with E-state index in [1.54, 1.807) is 21.5 Å². The van der Waals surface area contributed by atoms with Gasteiger partial charge in [0.15, 0.2) is 11.6 Å². The second-order valence-corrected chi connectivity index (χ2v) is 24.3. The third-order valence-electron chi connectivity index (χ3n) is 6.48. The summed E-state index contributed by atoms with van der Waals surface area (Å²) in [4.78, 5) is 3.79. The lowest BCUT2D eigenvalue weighted by molar-refractivity contribution is 0.624. The Labute approximate surface area is 305 Å². The van der Waals surface area contributed by atoms with Crippen molar-refractivity contribution in [1.29, 1.82) is 10.5 Å². The molecule has 8 nitrogen and oxygen atoms in total. The van der Waals surface area contributed by atoms with Crippen LogP contribution in [0.2, 0.25) is 39.3 Å². The van der Waals surface area contributed by atoms with Crippen LogP contribution in [0.4, 0.5) is 20.4 Å². The lowest BCUT2D eigenvalue weighted by Gasteiger charge is -2.09. The monoisotopic (exact) mass is 808 g/mol. The smallest absolute Gasteiger partial charge is 0.166 e. The van der Waals surface area contributed by atoms with Gasteiger partial charge < -0.3 is 9.80 Å². The molecule has 0 aliphatic carbocycles. The highest BCUT2D eigenvalue weighted by Crippen LogP contribution is 2.27. The summed E-state index contributed by atoms with van der Waals surface area (Å²) in [5, 5.41) is 27.0. The molecule has 256 valence electrons. The predicted molar refractivity (Wildman–Crippen MR) is 210 cm³/mol. The number of benzene rings is 2. The van der Waals surface area contributed by atoms with Crippen LogP contribution < -0.4 is 9.80 Å². The van der Waals surface area contributed by atoms with E-state index in [9.17, 15) is 8.78 Å². The number of nitrogens with zero attached hydrogens (tertiary/aromatic N) is 8. The minimum Gasteiger partial charge on any atom is -0.360 e. The van der Waals surface area contributed by atoms with Gasteiger partial charge in [0.1, 0.15) is 27.8 Å². The Hall–Kier alpha value is -4.42. The van der Waals surface area contributed by atoms with Crippen molar-refractivity contribution in [3.05, 3.63) is 79.7 Å². The highest BCUT2D eigenvalue weighted by molar-refractivity contribution is 14.1. The molecular formula is C36H43F2IN8Si2. The summed E-state index contributed by atoms with van der Waals surface area (Å²) in [7, 11) is 4.97. The van der Waals surface area contributed by atoms with Crippen molar-refractivity contribution in [2.75, 3.05) is 38.0 Å². The van der Waals surface area contributed by atoms with E-state index in [2.05, 4.69) is 89.1 Å². The first-order valence-electron chi connectivity index (χ1n) is 15.2. The fourth-order valence-corrected chi connectivity index (χ4v) is 5.29. The zero-order valence-electron chi connectivity index (χ0n) is 30.3. The highest BCUT2D eigenvalue weighted by atomic mass is 127. The molecule has 49 heavy (non-hydrogen) atoms. The molecule has 4 aromatic rings. The van der Waals surface area contributed by atoms with Crippen LogP contribution in [0.3, 0.4) is 0 Å². The molecule has 0 aliphatic heterocycles. The fourth-order valence-electron chi connectivity index (χ4n) is 3.98. The Morgan fingerprint density at radius 3 is 1.47 bits per heavy atom. The lowest BCUT2D eigenvalue weighted by atomic mass is 10.2. The normalized spacial score (nSPS) is 10.5. The number of rotatable bonds is 4. The van der Waals surface area contributed by atoms with Gasteiger partial charge in [-0.15, -0.1) is 27.7 Å². The number of nitriles is 2. The van der Waals surface area contributed by atoms with Crippen LogP contribution in [0.25, 0.3) is 11.4 Å².